The van der Waals surface area contributed by atoms with Crippen LogP contribution < -0.4 is 0 Å². The lowest BCUT2D eigenvalue weighted by molar-refractivity contribution is 0.102. The van der Waals surface area contributed by atoms with Gasteiger partial charge in [0.25, 0.3) is 0 Å². The molecule has 15 heavy (non-hydrogen) atoms. The van der Waals surface area contributed by atoms with Crippen molar-refractivity contribution in [1.82, 2.24) is 4.98 Å². The summed E-state index contributed by atoms with van der Waals surface area (Å²) < 4.78 is 4.96. The summed E-state index contributed by atoms with van der Waals surface area (Å²) in [6.07, 6.45) is 6.25. The third-order valence-electron chi connectivity index (χ3n) is 1.86. The third-order valence-corrected chi connectivity index (χ3v) is 1.86. The molecule has 0 bridgehead atoms. The van der Waals surface area contributed by atoms with Crippen LogP contribution in [0.2, 0.25) is 0 Å². The third kappa shape index (κ3) is 2.40. The van der Waals surface area contributed by atoms with Gasteiger partial charge in [0.2, 0.25) is 5.78 Å². The highest BCUT2D eigenvalue weighted by Crippen LogP contribution is 2.04. The molecule has 2 aromatic rings. The summed E-state index contributed by atoms with van der Waals surface area (Å²) in [5, 5.41) is 0. The summed E-state index contributed by atoms with van der Waals surface area (Å²) in [5.41, 5.74) is 0.748. The van der Waals surface area contributed by atoms with Crippen molar-refractivity contribution < 1.29 is 9.21 Å². The first-order chi connectivity index (χ1) is 7.36. The molecule has 3 heteroatoms. The summed E-state index contributed by atoms with van der Waals surface area (Å²) in [6.45, 7) is 0. The average molecular weight is 199 g/mol. The molecule has 0 N–H and O–H groups in total. The first-order valence-electron chi connectivity index (χ1n) is 4.53. The van der Waals surface area contributed by atoms with Gasteiger partial charge in [-0.1, -0.05) is 6.07 Å². The number of aromatic nitrogens is 1. The van der Waals surface area contributed by atoms with E-state index in [1.54, 1.807) is 24.4 Å². The molecule has 0 aromatic carbocycles. The minimum Gasteiger partial charge on any atom is -0.461 e. The smallest absolute Gasteiger partial charge is 0.221 e. The van der Waals surface area contributed by atoms with Crippen molar-refractivity contribution in [3.05, 3.63) is 60.3 Å². The van der Waals surface area contributed by atoms with E-state index in [0.29, 0.717) is 5.76 Å². The fourth-order valence-electron chi connectivity index (χ4n) is 1.14. The molecule has 0 saturated carbocycles. The van der Waals surface area contributed by atoms with Crippen LogP contribution in [-0.4, -0.2) is 10.8 Å². The Morgan fingerprint density at radius 1 is 1.27 bits per heavy atom. The number of carbonyl (C=O) groups excluding carboxylic acids is 1. The van der Waals surface area contributed by atoms with Crippen LogP contribution in [0.5, 0.6) is 0 Å². The highest BCUT2D eigenvalue weighted by molar-refractivity contribution is 6.04. The quantitative estimate of drug-likeness (QED) is 0.563. The van der Waals surface area contributed by atoms with Gasteiger partial charge in [-0.2, -0.15) is 0 Å². The second-order valence-electron chi connectivity index (χ2n) is 2.93. The molecule has 0 spiro atoms. The lowest BCUT2D eigenvalue weighted by atomic mass is 10.2. The molecule has 0 unspecified atom stereocenters. The molecular formula is C12H9NO2. The summed E-state index contributed by atoms with van der Waals surface area (Å²) in [4.78, 5) is 15.5. The standard InChI is InChI=1S/C12H9NO2/c14-11(12-5-3-9-15-12)7-6-10-4-1-2-8-13-10/h1-9H/b7-6+. The fraction of sp³-hybridized carbons (Fsp3) is 0. The maximum absolute atomic E-state index is 11.5. The van der Waals surface area contributed by atoms with E-state index in [4.69, 9.17) is 4.42 Å². The van der Waals surface area contributed by atoms with Crippen molar-refractivity contribution in [2.24, 2.45) is 0 Å². The average Bonchev–Trinajstić information content (AvgIpc) is 2.81. The zero-order valence-corrected chi connectivity index (χ0v) is 7.96. The van der Waals surface area contributed by atoms with Crippen molar-refractivity contribution >= 4 is 11.9 Å². The Morgan fingerprint density at radius 2 is 2.20 bits per heavy atom. The first-order valence-corrected chi connectivity index (χ1v) is 4.53. The number of hydrogen-bond donors (Lipinski definition) is 0. The molecule has 2 aromatic heterocycles. The molecule has 0 saturated heterocycles. The SMILES string of the molecule is O=C(/C=C/c1ccccn1)c1ccco1. The largest absolute Gasteiger partial charge is 0.461 e. The molecule has 2 heterocycles. The van der Waals surface area contributed by atoms with Crippen molar-refractivity contribution in [3.8, 4) is 0 Å². The molecule has 0 fully saturated rings. The predicted octanol–water partition coefficient (Wildman–Crippen LogP) is 2.57. The van der Waals surface area contributed by atoms with Crippen LogP contribution in [0.1, 0.15) is 16.2 Å². The Kier molecular flexibility index (Phi) is 2.74. The van der Waals surface area contributed by atoms with Crippen LogP contribution in [0.3, 0.4) is 0 Å². The summed E-state index contributed by atoms with van der Waals surface area (Å²) in [7, 11) is 0. The van der Waals surface area contributed by atoms with Crippen LogP contribution >= 0.6 is 0 Å². The van der Waals surface area contributed by atoms with E-state index in [9.17, 15) is 4.79 Å². The van der Waals surface area contributed by atoms with Gasteiger partial charge in [0.15, 0.2) is 5.76 Å². The van der Waals surface area contributed by atoms with E-state index in [0.717, 1.165) is 5.69 Å². The van der Waals surface area contributed by atoms with E-state index in [1.807, 2.05) is 18.2 Å². The maximum atomic E-state index is 11.5. The molecule has 0 aliphatic rings. The zero-order chi connectivity index (χ0) is 10.5. The molecule has 3 nitrogen and oxygen atoms in total. The zero-order valence-electron chi connectivity index (χ0n) is 7.96. The van der Waals surface area contributed by atoms with Gasteiger partial charge in [0.1, 0.15) is 0 Å². The minimum absolute atomic E-state index is 0.161. The molecule has 0 amide bonds. The molecular weight excluding hydrogens is 190 g/mol. The van der Waals surface area contributed by atoms with Crippen LogP contribution in [0.4, 0.5) is 0 Å². The summed E-state index contributed by atoms with van der Waals surface area (Å²) in [5.74, 6) is 0.174. The number of hydrogen-bond acceptors (Lipinski definition) is 3. The number of furan rings is 1. The summed E-state index contributed by atoms with van der Waals surface area (Å²) in [6, 6.07) is 8.83. The number of nitrogens with zero attached hydrogens (tertiary/aromatic N) is 1. The Hall–Kier alpha value is -2.16. The van der Waals surface area contributed by atoms with E-state index >= 15 is 0 Å². The highest BCUT2D eigenvalue weighted by Gasteiger charge is 2.03. The van der Waals surface area contributed by atoms with Gasteiger partial charge in [0.05, 0.1) is 12.0 Å². The Morgan fingerprint density at radius 3 is 2.87 bits per heavy atom. The predicted molar refractivity (Wildman–Crippen MR) is 56.3 cm³/mol. The lowest BCUT2D eigenvalue weighted by Crippen LogP contribution is -1.90. The van der Waals surface area contributed by atoms with Gasteiger partial charge in [0, 0.05) is 6.20 Å². The van der Waals surface area contributed by atoms with E-state index < -0.39 is 0 Å². The number of carbonyl (C=O) groups is 1. The topological polar surface area (TPSA) is 43.1 Å². The number of ketones is 1. The monoisotopic (exact) mass is 199 g/mol. The minimum atomic E-state index is -0.161. The van der Waals surface area contributed by atoms with Crippen molar-refractivity contribution in [2.45, 2.75) is 0 Å². The number of pyridine rings is 1. The van der Waals surface area contributed by atoms with Gasteiger partial charge in [-0.25, -0.2) is 0 Å². The highest BCUT2D eigenvalue weighted by atomic mass is 16.3. The van der Waals surface area contributed by atoms with Crippen LogP contribution in [0.25, 0.3) is 6.08 Å². The first kappa shape index (κ1) is 9.40. The molecule has 2 rings (SSSR count). The molecule has 74 valence electrons. The van der Waals surface area contributed by atoms with Gasteiger partial charge in [-0.3, -0.25) is 9.78 Å². The van der Waals surface area contributed by atoms with E-state index in [-0.39, 0.29) is 5.78 Å². The maximum Gasteiger partial charge on any atom is 0.221 e. The van der Waals surface area contributed by atoms with Crippen LogP contribution in [0.15, 0.2) is 53.3 Å². The van der Waals surface area contributed by atoms with E-state index in [1.165, 1.54) is 12.3 Å². The molecule has 0 radical (unpaired) electrons. The van der Waals surface area contributed by atoms with Crippen molar-refractivity contribution in [2.75, 3.05) is 0 Å². The van der Waals surface area contributed by atoms with Crippen LogP contribution in [0, 0.1) is 0 Å². The summed E-state index contributed by atoms with van der Waals surface area (Å²) >= 11 is 0. The van der Waals surface area contributed by atoms with Gasteiger partial charge >= 0.3 is 0 Å². The molecule has 0 aliphatic heterocycles. The van der Waals surface area contributed by atoms with Gasteiger partial charge in [-0.05, 0) is 36.4 Å². The van der Waals surface area contributed by atoms with Gasteiger partial charge in [-0.15, -0.1) is 0 Å². The number of rotatable bonds is 3. The molecule has 0 atom stereocenters. The van der Waals surface area contributed by atoms with E-state index in [2.05, 4.69) is 4.98 Å². The van der Waals surface area contributed by atoms with Crippen molar-refractivity contribution in [3.63, 3.8) is 0 Å². The lowest BCUT2D eigenvalue weighted by Gasteiger charge is -1.90. The Bertz CT molecular complexity index is 458. The fourth-order valence-corrected chi connectivity index (χ4v) is 1.14. The van der Waals surface area contributed by atoms with Gasteiger partial charge < -0.3 is 4.42 Å². The number of allylic oxidation sites excluding steroid dienone is 1. The van der Waals surface area contributed by atoms with Crippen molar-refractivity contribution in [1.29, 1.82) is 0 Å². The normalized spacial score (nSPS) is 10.7. The van der Waals surface area contributed by atoms with Crippen LogP contribution in [-0.2, 0) is 0 Å². The second-order valence-corrected chi connectivity index (χ2v) is 2.93. The molecule has 0 aliphatic carbocycles. The second kappa shape index (κ2) is 4.37. The Balaban J connectivity index is 2.10. The Labute approximate surface area is 87.1 Å².